The fourth-order valence-electron chi connectivity index (χ4n) is 2.35. The summed E-state index contributed by atoms with van der Waals surface area (Å²) in [6.45, 7) is 2.26. The Kier molecular flexibility index (Phi) is 4.06. The van der Waals surface area contributed by atoms with Gasteiger partial charge >= 0.3 is 0 Å². The molecular formula is C14H17ClO2. The third-order valence-corrected chi connectivity index (χ3v) is 3.62. The molecule has 0 spiro atoms. The molecule has 0 amide bonds. The Bertz CT molecular complexity index is 403. The van der Waals surface area contributed by atoms with Gasteiger partial charge in [-0.2, -0.15) is 0 Å². The Labute approximate surface area is 107 Å². The topological polar surface area (TPSA) is 26.3 Å². The molecule has 0 N–H and O–H groups in total. The molecule has 1 fully saturated rings. The molecule has 1 aromatic carbocycles. The molecule has 17 heavy (non-hydrogen) atoms. The Hall–Kier alpha value is -1.02. The Balaban J connectivity index is 2.03. The Morgan fingerprint density at radius 1 is 1.41 bits per heavy atom. The number of carbonyl (C=O) groups excluding carboxylic acids is 1. The maximum Gasteiger partial charge on any atom is 0.151 e. The standard InChI is InChI=1S/C14H17ClO2/c1-10-3-2-4-12(7-10)17-13-6-5-11(9-16)14(15)8-13/h5-6,8-10,12H,2-4,7H2,1H3. The number of hydrogen-bond donors (Lipinski definition) is 0. The molecule has 2 unspecified atom stereocenters. The van der Waals surface area contributed by atoms with Crippen LogP contribution in [-0.4, -0.2) is 12.4 Å². The third-order valence-electron chi connectivity index (χ3n) is 3.29. The van der Waals surface area contributed by atoms with Crippen LogP contribution in [0.2, 0.25) is 5.02 Å². The predicted molar refractivity (Wildman–Crippen MR) is 68.9 cm³/mol. The zero-order valence-corrected chi connectivity index (χ0v) is 10.7. The van der Waals surface area contributed by atoms with Crippen LogP contribution in [0.4, 0.5) is 0 Å². The molecule has 0 bridgehead atoms. The summed E-state index contributed by atoms with van der Waals surface area (Å²) in [5, 5.41) is 0.460. The Morgan fingerprint density at radius 3 is 2.88 bits per heavy atom. The van der Waals surface area contributed by atoms with Crippen LogP contribution >= 0.6 is 11.6 Å². The number of aldehydes is 1. The molecule has 0 saturated heterocycles. The molecule has 1 aliphatic rings. The Morgan fingerprint density at radius 2 is 2.24 bits per heavy atom. The number of benzene rings is 1. The van der Waals surface area contributed by atoms with Gasteiger partial charge in [0, 0.05) is 5.56 Å². The van der Waals surface area contributed by atoms with E-state index in [2.05, 4.69) is 6.92 Å². The van der Waals surface area contributed by atoms with Crippen molar-refractivity contribution in [3.8, 4) is 5.75 Å². The highest BCUT2D eigenvalue weighted by molar-refractivity contribution is 6.33. The smallest absolute Gasteiger partial charge is 0.151 e. The van der Waals surface area contributed by atoms with Crippen LogP contribution in [0, 0.1) is 5.92 Å². The van der Waals surface area contributed by atoms with Crippen molar-refractivity contribution >= 4 is 17.9 Å². The monoisotopic (exact) mass is 252 g/mol. The fraction of sp³-hybridized carbons (Fsp3) is 0.500. The van der Waals surface area contributed by atoms with Crippen LogP contribution in [0.5, 0.6) is 5.75 Å². The zero-order chi connectivity index (χ0) is 12.3. The highest BCUT2D eigenvalue weighted by Gasteiger charge is 2.20. The first-order chi connectivity index (χ1) is 8.19. The number of hydrogen-bond acceptors (Lipinski definition) is 2. The summed E-state index contributed by atoms with van der Waals surface area (Å²) >= 11 is 5.96. The van der Waals surface area contributed by atoms with Gasteiger partial charge in [-0.25, -0.2) is 0 Å². The molecule has 3 heteroatoms. The number of halogens is 1. The van der Waals surface area contributed by atoms with Crippen LogP contribution in [0.3, 0.4) is 0 Å². The largest absolute Gasteiger partial charge is 0.490 e. The lowest BCUT2D eigenvalue weighted by Crippen LogP contribution is -2.24. The van der Waals surface area contributed by atoms with E-state index >= 15 is 0 Å². The van der Waals surface area contributed by atoms with Crippen molar-refractivity contribution in [1.29, 1.82) is 0 Å². The van der Waals surface area contributed by atoms with Crippen LogP contribution in [0.25, 0.3) is 0 Å². The van der Waals surface area contributed by atoms with Crippen LogP contribution in [0.15, 0.2) is 18.2 Å². The second-order valence-electron chi connectivity index (χ2n) is 4.81. The minimum absolute atomic E-state index is 0.289. The van der Waals surface area contributed by atoms with E-state index in [9.17, 15) is 4.79 Å². The van der Waals surface area contributed by atoms with Crippen molar-refractivity contribution in [2.75, 3.05) is 0 Å². The van der Waals surface area contributed by atoms with E-state index < -0.39 is 0 Å². The minimum atomic E-state index is 0.289. The highest BCUT2D eigenvalue weighted by Crippen LogP contribution is 2.29. The maximum atomic E-state index is 10.6. The molecule has 1 aliphatic carbocycles. The molecule has 2 nitrogen and oxygen atoms in total. The fourth-order valence-corrected chi connectivity index (χ4v) is 2.57. The SMILES string of the molecule is CC1CCCC(Oc2ccc(C=O)c(Cl)c2)C1. The minimum Gasteiger partial charge on any atom is -0.490 e. The molecular weight excluding hydrogens is 236 g/mol. The van der Waals surface area contributed by atoms with E-state index in [0.717, 1.165) is 30.8 Å². The summed E-state index contributed by atoms with van der Waals surface area (Å²) in [7, 11) is 0. The van der Waals surface area contributed by atoms with E-state index in [1.54, 1.807) is 12.1 Å². The van der Waals surface area contributed by atoms with E-state index in [1.165, 1.54) is 12.8 Å². The van der Waals surface area contributed by atoms with Crippen molar-refractivity contribution in [3.05, 3.63) is 28.8 Å². The first-order valence-electron chi connectivity index (χ1n) is 6.10. The third kappa shape index (κ3) is 3.22. The van der Waals surface area contributed by atoms with Gasteiger partial charge in [-0.05, 0) is 43.4 Å². The quantitative estimate of drug-likeness (QED) is 0.757. The van der Waals surface area contributed by atoms with Crippen LogP contribution in [-0.2, 0) is 0 Å². The van der Waals surface area contributed by atoms with Crippen LogP contribution < -0.4 is 4.74 Å². The lowest BCUT2D eigenvalue weighted by molar-refractivity contribution is 0.112. The van der Waals surface area contributed by atoms with Gasteiger partial charge in [0.2, 0.25) is 0 Å². The van der Waals surface area contributed by atoms with Gasteiger partial charge in [-0.1, -0.05) is 24.9 Å². The van der Waals surface area contributed by atoms with Crippen molar-refractivity contribution in [2.45, 2.75) is 38.7 Å². The van der Waals surface area contributed by atoms with Gasteiger partial charge in [-0.3, -0.25) is 4.79 Å². The van der Waals surface area contributed by atoms with E-state index in [4.69, 9.17) is 16.3 Å². The first-order valence-corrected chi connectivity index (χ1v) is 6.48. The molecule has 92 valence electrons. The second-order valence-corrected chi connectivity index (χ2v) is 5.22. The number of ether oxygens (including phenoxy) is 1. The zero-order valence-electron chi connectivity index (χ0n) is 9.99. The van der Waals surface area contributed by atoms with Gasteiger partial charge in [0.05, 0.1) is 11.1 Å². The second kappa shape index (κ2) is 5.54. The predicted octanol–water partition coefficient (Wildman–Crippen LogP) is 4.11. The molecule has 2 rings (SSSR count). The maximum absolute atomic E-state index is 10.6. The normalized spacial score (nSPS) is 24.4. The van der Waals surface area contributed by atoms with E-state index in [1.807, 2.05) is 6.07 Å². The summed E-state index contributed by atoms with van der Waals surface area (Å²) in [6, 6.07) is 5.25. The molecule has 0 heterocycles. The van der Waals surface area contributed by atoms with Gasteiger partial charge in [0.15, 0.2) is 6.29 Å². The summed E-state index contributed by atoms with van der Waals surface area (Å²) in [4.78, 5) is 10.6. The van der Waals surface area contributed by atoms with Crippen molar-refractivity contribution in [2.24, 2.45) is 5.92 Å². The first kappa shape index (κ1) is 12.4. The number of rotatable bonds is 3. The van der Waals surface area contributed by atoms with Crippen molar-refractivity contribution < 1.29 is 9.53 Å². The van der Waals surface area contributed by atoms with Crippen molar-refractivity contribution in [3.63, 3.8) is 0 Å². The molecule has 0 aliphatic heterocycles. The van der Waals surface area contributed by atoms with E-state index in [0.29, 0.717) is 10.6 Å². The van der Waals surface area contributed by atoms with Gasteiger partial charge in [0.25, 0.3) is 0 Å². The molecule has 0 aromatic heterocycles. The molecule has 0 radical (unpaired) electrons. The van der Waals surface area contributed by atoms with Crippen molar-refractivity contribution in [1.82, 2.24) is 0 Å². The average Bonchev–Trinajstić information content (AvgIpc) is 2.29. The summed E-state index contributed by atoms with van der Waals surface area (Å²) in [6.07, 6.45) is 5.78. The summed E-state index contributed by atoms with van der Waals surface area (Å²) in [5.41, 5.74) is 0.510. The summed E-state index contributed by atoms with van der Waals surface area (Å²) < 4.78 is 5.91. The molecule has 1 aromatic rings. The lowest BCUT2D eigenvalue weighted by Gasteiger charge is -2.27. The highest BCUT2D eigenvalue weighted by atomic mass is 35.5. The average molecular weight is 253 g/mol. The molecule has 1 saturated carbocycles. The van der Waals surface area contributed by atoms with Gasteiger partial charge in [-0.15, -0.1) is 0 Å². The molecule has 2 atom stereocenters. The summed E-state index contributed by atoms with van der Waals surface area (Å²) in [5.74, 6) is 1.50. The van der Waals surface area contributed by atoms with E-state index in [-0.39, 0.29) is 6.10 Å². The number of carbonyl (C=O) groups is 1. The van der Waals surface area contributed by atoms with Crippen LogP contribution in [0.1, 0.15) is 43.0 Å². The lowest BCUT2D eigenvalue weighted by atomic mass is 9.89. The van der Waals surface area contributed by atoms with Gasteiger partial charge in [0.1, 0.15) is 5.75 Å². The van der Waals surface area contributed by atoms with Gasteiger partial charge < -0.3 is 4.74 Å².